The van der Waals surface area contributed by atoms with Crippen molar-refractivity contribution in [2.24, 2.45) is 0 Å². The number of aromatic nitrogens is 2. The second-order valence-electron chi connectivity index (χ2n) is 3.85. The number of carbonyl (C=O) groups excluding carboxylic acids is 1. The normalized spacial score (nSPS) is 12.2. The Morgan fingerprint density at radius 3 is 3.00 bits per heavy atom. The summed E-state index contributed by atoms with van der Waals surface area (Å²) in [4.78, 5) is 19.3. The average Bonchev–Trinajstić information content (AvgIpc) is 2.93. The Morgan fingerprint density at radius 2 is 2.16 bits per heavy atom. The monoisotopic (exact) mass is 258 g/mol. The molecule has 0 aliphatic carbocycles. The second kappa shape index (κ2) is 4.93. The lowest BCUT2D eigenvalue weighted by Gasteiger charge is -2.05. The molecule has 0 amide bonds. The number of ether oxygens (including phenoxy) is 3. The molecule has 1 aromatic carbocycles. The average molecular weight is 258 g/mol. The highest BCUT2D eigenvalue weighted by Gasteiger charge is 2.14. The van der Waals surface area contributed by atoms with Gasteiger partial charge in [0.25, 0.3) is 0 Å². The molecule has 0 saturated carbocycles. The first-order chi connectivity index (χ1) is 9.33. The predicted octanol–water partition coefficient (Wildman–Crippen LogP) is 1.56. The number of nitrogens with zero attached hydrogens (tertiary/aromatic N) is 2. The molecule has 19 heavy (non-hydrogen) atoms. The fourth-order valence-corrected chi connectivity index (χ4v) is 1.66. The Morgan fingerprint density at radius 1 is 1.26 bits per heavy atom. The molecule has 6 nitrogen and oxygen atoms in total. The van der Waals surface area contributed by atoms with Gasteiger partial charge in [-0.2, -0.15) is 0 Å². The van der Waals surface area contributed by atoms with Crippen LogP contribution in [0.15, 0.2) is 36.8 Å². The van der Waals surface area contributed by atoms with Gasteiger partial charge in [0.15, 0.2) is 17.2 Å². The van der Waals surface area contributed by atoms with Crippen molar-refractivity contribution in [2.45, 2.75) is 6.61 Å². The number of hydrogen-bond donors (Lipinski definition) is 0. The number of hydrogen-bond acceptors (Lipinski definition) is 6. The fraction of sp³-hybridized carbons (Fsp3) is 0.154. The summed E-state index contributed by atoms with van der Waals surface area (Å²) in [5, 5.41) is 0. The molecular formula is C13H10N2O4. The highest BCUT2D eigenvalue weighted by Crippen LogP contribution is 2.32. The van der Waals surface area contributed by atoms with E-state index in [-0.39, 0.29) is 19.1 Å². The van der Waals surface area contributed by atoms with E-state index < -0.39 is 5.97 Å². The quantitative estimate of drug-likeness (QED) is 0.778. The zero-order valence-electron chi connectivity index (χ0n) is 9.91. The molecule has 3 rings (SSSR count). The zero-order chi connectivity index (χ0) is 13.1. The van der Waals surface area contributed by atoms with E-state index in [0.717, 1.165) is 5.56 Å². The Balaban J connectivity index is 1.65. The van der Waals surface area contributed by atoms with E-state index in [1.807, 2.05) is 6.07 Å². The number of fused-ring (bicyclic) bond motifs is 1. The maximum absolute atomic E-state index is 11.7. The molecule has 1 aliphatic rings. The van der Waals surface area contributed by atoms with Crippen LogP contribution in [-0.4, -0.2) is 22.7 Å². The van der Waals surface area contributed by atoms with Gasteiger partial charge in [0.1, 0.15) is 6.61 Å². The van der Waals surface area contributed by atoms with Crippen molar-refractivity contribution >= 4 is 5.97 Å². The maximum Gasteiger partial charge on any atom is 0.358 e. The number of benzene rings is 1. The molecule has 0 spiro atoms. The molecule has 0 fully saturated rings. The SMILES string of the molecule is O=C(OCc1ccc2c(c1)OCO2)c1cnccn1. The van der Waals surface area contributed by atoms with Crippen molar-refractivity contribution in [3.8, 4) is 11.5 Å². The summed E-state index contributed by atoms with van der Waals surface area (Å²) in [5.74, 6) is 0.850. The van der Waals surface area contributed by atoms with Gasteiger partial charge in [-0.15, -0.1) is 0 Å². The van der Waals surface area contributed by atoms with Crippen LogP contribution in [0.4, 0.5) is 0 Å². The highest BCUT2D eigenvalue weighted by atomic mass is 16.7. The Labute approximate surface area is 109 Å². The zero-order valence-corrected chi connectivity index (χ0v) is 9.91. The van der Waals surface area contributed by atoms with E-state index in [9.17, 15) is 4.79 Å². The van der Waals surface area contributed by atoms with Crippen LogP contribution in [-0.2, 0) is 11.3 Å². The maximum atomic E-state index is 11.7. The van der Waals surface area contributed by atoms with Crippen LogP contribution in [0.1, 0.15) is 16.1 Å². The van der Waals surface area contributed by atoms with Crippen molar-refractivity contribution in [1.29, 1.82) is 0 Å². The van der Waals surface area contributed by atoms with Gasteiger partial charge in [-0.05, 0) is 17.7 Å². The van der Waals surface area contributed by atoms with Crippen molar-refractivity contribution in [2.75, 3.05) is 6.79 Å². The van der Waals surface area contributed by atoms with Crippen LogP contribution in [0, 0.1) is 0 Å². The van der Waals surface area contributed by atoms with Crippen molar-refractivity contribution in [3.63, 3.8) is 0 Å². The Bertz CT molecular complexity index is 601. The van der Waals surface area contributed by atoms with E-state index in [1.54, 1.807) is 12.1 Å². The molecule has 2 heterocycles. The van der Waals surface area contributed by atoms with Crippen molar-refractivity contribution < 1.29 is 19.0 Å². The van der Waals surface area contributed by atoms with Crippen molar-refractivity contribution in [1.82, 2.24) is 9.97 Å². The largest absolute Gasteiger partial charge is 0.456 e. The lowest BCUT2D eigenvalue weighted by molar-refractivity contribution is 0.0465. The van der Waals surface area contributed by atoms with E-state index in [4.69, 9.17) is 14.2 Å². The van der Waals surface area contributed by atoms with Crippen LogP contribution in [0.5, 0.6) is 11.5 Å². The Hall–Kier alpha value is -2.63. The van der Waals surface area contributed by atoms with E-state index in [0.29, 0.717) is 11.5 Å². The van der Waals surface area contributed by atoms with Gasteiger partial charge in [0.2, 0.25) is 6.79 Å². The number of rotatable bonds is 3. The molecule has 0 saturated heterocycles. The van der Waals surface area contributed by atoms with E-state index in [1.165, 1.54) is 18.6 Å². The molecule has 1 aliphatic heterocycles. The van der Waals surface area contributed by atoms with Crippen LogP contribution in [0.2, 0.25) is 0 Å². The molecule has 0 radical (unpaired) electrons. The molecule has 6 heteroatoms. The third-order valence-corrected chi connectivity index (χ3v) is 2.58. The molecule has 2 aromatic rings. The summed E-state index contributed by atoms with van der Waals surface area (Å²) in [7, 11) is 0. The summed E-state index contributed by atoms with van der Waals surface area (Å²) in [6.45, 7) is 0.365. The van der Waals surface area contributed by atoms with E-state index in [2.05, 4.69) is 9.97 Å². The summed E-state index contributed by atoms with van der Waals surface area (Å²) in [6, 6.07) is 5.39. The minimum absolute atomic E-state index is 0.145. The highest BCUT2D eigenvalue weighted by molar-refractivity contribution is 5.86. The predicted molar refractivity (Wildman–Crippen MR) is 63.7 cm³/mol. The van der Waals surface area contributed by atoms with Crippen molar-refractivity contribution in [3.05, 3.63) is 48.0 Å². The summed E-state index contributed by atoms with van der Waals surface area (Å²) in [6.07, 6.45) is 4.30. The van der Waals surface area contributed by atoms with Gasteiger partial charge in [-0.3, -0.25) is 4.98 Å². The smallest absolute Gasteiger partial charge is 0.358 e. The fourth-order valence-electron chi connectivity index (χ4n) is 1.66. The Kier molecular flexibility index (Phi) is 2.97. The molecule has 0 bridgehead atoms. The first-order valence-electron chi connectivity index (χ1n) is 5.64. The van der Waals surface area contributed by atoms with Crippen LogP contribution >= 0.6 is 0 Å². The third kappa shape index (κ3) is 2.47. The summed E-state index contributed by atoms with van der Waals surface area (Å²) >= 11 is 0. The van der Waals surface area contributed by atoms with E-state index >= 15 is 0 Å². The molecule has 0 atom stereocenters. The van der Waals surface area contributed by atoms with Gasteiger partial charge in [0.05, 0.1) is 6.20 Å². The van der Waals surface area contributed by atoms with Gasteiger partial charge >= 0.3 is 5.97 Å². The van der Waals surface area contributed by atoms with Gasteiger partial charge < -0.3 is 14.2 Å². The summed E-state index contributed by atoms with van der Waals surface area (Å²) < 4.78 is 15.6. The third-order valence-electron chi connectivity index (χ3n) is 2.58. The first kappa shape index (κ1) is 11.5. The molecule has 96 valence electrons. The lowest BCUT2D eigenvalue weighted by Crippen LogP contribution is -2.07. The molecule has 0 N–H and O–H groups in total. The lowest BCUT2D eigenvalue weighted by atomic mass is 10.2. The minimum atomic E-state index is -0.509. The van der Waals surface area contributed by atoms with Crippen LogP contribution in [0.25, 0.3) is 0 Å². The topological polar surface area (TPSA) is 70.5 Å². The molecular weight excluding hydrogens is 248 g/mol. The van der Waals surface area contributed by atoms with Gasteiger partial charge in [-0.1, -0.05) is 6.07 Å². The molecule has 1 aromatic heterocycles. The second-order valence-corrected chi connectivity index (χ2v) is 3.85. The van der Waals surface area contributed by atoms with Gasteiger partial charge in [0, 0.05) is 12.4 Å². The van der Waals surface area contributed by atoms with Gasteiger partial charge in [-0.25, -0.2) is 9.78 Å². The minimum Gasteiger partial charge on any atom is -0.456 e. The summed E-state index contributed by atoms with van der Waals surface area (Å²) in [5.41, 5.74) is 1.00. The first-order valence-corrected chi connectivity index (χ1v) is 5.64. The standard InChI is InChI=1S/C13H10N2O4/c16-13(10-6-14-3-4-15-10)17-7-9-1-2-11-12(5-9)19-8-18-11/h1-6H,7-8H2. The molecule has 0 unspecified atom stereocenters. The number of carbonyl (C=O) groups is 1. The van der Waals surface area contributed by atoms with Crippen LogP contribution in [0.3, 0.4) is 0 Å². The number of esters is 1. The van der Waals surface area contributed by atoms with Crippen LogP contribution < -0.4 is 9.47 Å².